The lowest BCUT2D eigenvalue weighted by Gasteiger charge is -2.30. The topological polar surface area (TPSA) is 24.9 Å². The molecule has 0 amide bonds. The molecule has 1 aromatic heterocycles. The molecule has 0 spiro atoms. The van der Waals surface area contributed by atoms with Gasteiger partial charge in [0.1, 0.15) is 5.01 Å². The van der Waals surface area contributed by atoms with E-state index in [2.05, 4.69) is 31.5 Å². The van der Waals surface area contributed by atoms with Gasteiger partial charge < -0.3 is 5.32 Å². The summed E-state index contributed by atoms with van der Waals surface area (Å²) in [4.78, 5) is 4.74. The van der Waals surface area contributed by atoms with Crippen molar-refractivity contribution < 1.29 is 0 Å². The van der Waals surface area contributed by atoms with Crippen molar-refractivity contribution in [3.05, 3.63) is 16.1 Å². The summed E-state index contributed by atoms with van der Waals surface area (Å²) in [6, 6.07) is 0.577. The number of hydrogen-bond acceptors (Lipinski definition) is 3. The molecule has 1 N–H and O–H groups in total. The monoisotopic (exact) mass is 300 g/mol. The molecule has 108 valence electrons. The highest BCUT2D eigenvalue weighted by molar-refractivity contribution is 7.09. The normalized spacial score (nSPS) is 24.6. The van der Waals surface area contributed by atoms with Crippen LogP contribution in [0.25, 0.3) is 0 Å². The summed E-state index contributed by atoms with van der Waals surface area (Å²) in [7, 11) is 0. The second-order valence-electron chi connectivity index (χ2n) is 6.56. The highest BCUT2D eigenvalue weighted by atomic mass is 35.5. The van der Waals surface area contributed by atoms with Crippen LogP contribution in [-0.2, 0) is 12.0 Å². The highest BCUT2D eigenvalue weighted by Crippen LogP contribution is 2.27. The molecule has 2 rings (SSSR count). The van der Waals surface area contributed by atoms with Gasteiger partial charge in [-0.15, -0.1) is 22.9 Å². The fraction of sp³-hybridized carbons (Fsp3) is 0.800. The zero-order valence-electron chi connectivity index (χ0n) is 12.2. The van der Waals surface area contributed by atoms with Gasteiger partial charge in [-0.2, -0.15) is 0 Å². The molecular formula is C15H25ClN2S. The Bertz CT molecular complexity index is 397. The van der Waals surface area contributed by atoms with Crippen LogP contribution in [-0.4, -0.2) is 16.9 Å². The SMILES string of the molecule is CC(C)(C)c1csc(CNC2CCCCC2CCl)n1. The standard InChI is InChI=1S/C15H25ClN2S/c1-15(2,3)13-10-19-14(18-13)9-17-12-7-5-4-6-11(12)8-16/h10-12,17H,4-9H2,1-3H3. The van der Waals surface area contributed by atoms with Crippen molar-refractivity contribution in [3.8, 4) is 0 Å². The number of nitrogens with one attached hydrogen (secondary N) is 1. The Balaban J connectivity index is 1.89. The van der Waals surface area contributed by atoms with Crippen molar-refractivity contribution in [1.82, 2.24) is 10.3 Å². The minimum atomic E-state index is 0.151. The number of alkyl halides is 1. The summed E-state index contributed by atoms with van der Waals surface area (Å²) in [6.45, 7) is 7.52. The fourth-order valence-electron chi connectivity index (χ4n) is 2.62. The van der Waals surface area contributed by atoms with E-state index >= 15 is 0 Å². The van der Waals surface area contributed by atoms with E-state index in [4.69, 9.17) is 16.6 Å². The van der Waals surface area contributed by atoms with E-state index in [1.54, 1.807) is 11.3 Å². The first-order chi connectivity index (χ1) is 9.00. The molecule has 2 unspecified atom stereocenters. The smallest absolute Gasteiger partial charge is 0.107 e. The Morgan fingerprint density at radius 1 is 1.37 bits per heavy atom. The number of thiazole rings is 1. The zero-order valence-corrected chi connectivity index (χ0v) is 13.8. The van der Waals surface area contributed by atoms with Crippen LogP contribution >= 0.6 is 22.9 Å². The predicted octanol–water partition coefficient (Wildman–Crippen LogP) is 4.33. The van der Waals surface area contributed by atoms with Crippen molar-refractivity contribution >= 4 is 22.9 Å². The van der Waals surface area contributed by atoms with E-state index in [9.17, 15) is 0 Å². The molecule has 0 radical (unpaired) electrons. The third-order valence-corrected chi connectivity index (χ3v) is 5.19. The van der Waals surface area contributed by atoms with Crippen molar-refractivity contribution in [2.75, 3.05) is 5.88 Å². The average molecular weight is 301 g/mol. The summed E-state index contributed by atoms with van der Waals surface area (Å²) in [5.74, 6) is 1.42. The van der Waals surface area contributed by atoms with Crippen LogP contribution in [0.15, 0.2) is 5.38 Å². The van der Waals surface area contributed by atoms with Gasteiger partial charge in [0.05, 0.1) is 5.69 Å². The van der Waals surface area contributed by atoms with E-state index < -0.39 is 0 Å². The minimum Gasteiger partial charge on any atom is -0.307 e. The summed E-state index contributed by atoms with van der Waals surface area (Å²) in [6.07, 6.45) is 5.19. The molecule has 1 aliphatic rings. The van der Waals surface area contributed by atoms with Crippen LogP contribution in [0.3, 0.4) is 0 Å². The molecule has 2 nitrogen and oxygen atoms in total. The Kier molecular flexibility index (Phi) is 5.27. The number of rotatable bonds is 4. The van der Waals surface area contributed by atoms with Crippen LogP contribution in [0.4, 0.5) is 0 Å². The minimum absolute atomic E-state index is 0.151. The molecule has 4 heteroatoms. The third kappa shape index (κ3) is 4.17. The molecule has 1 aliphatic carbocycles. The van der Waals surface area contributed by atoms with E-state index in [0.29, 0.717) is 12.0 Å². The van der Waals surface area contributed by atoms with E-state index in [0.717, 1.165) is 12.4 Å². The predicted molar refractivity (Wildman–Crippen MR) is 84.1 cm³/mol. The second kappa shape index (κ2) is 6.55. The lowest BCUT2D eigenvalue weighted by Crippen LogP contribution is -2.38. The molecule has 2 atom stereocenters. The van der Waals surface area contributed by atoms with E-state index in [1.165, 1.54) is 36.4 Å². The quantitative estimate of drug-likeness (QED) is 0.837. The first-order valence-electron chi connectivity index (χ1n) is 7.25. The largest absolute Gasteiger partial charge is 0.307 e. The van der Waals surface area contributed by atoms with Gasteiger partial charge in [0.15, 0.2) is 0 Å². The maximum Gasteiger partial charge on any atom is 0.107 e. The van der Waals surface area contributed by atoms with Crippen molar-refractivity contribution in [2.45, 2.75) is 64.5 Å². The molecule has 1 aromatic rings. The first kappa shape index (κ1) is 15.3. The van der Waals surface area contributed by atoms with Gasteiger partial charge in [-0.25, -0.2) is 4.98 Å². The summed E-state index contributed by atoms with van der Waals surface area (Å²) >= 11 is 7.83. The Hall–Kier alpha value is -0.120. The van der Waals surface area contributed by atoms with Crippen LogP contribution < -0.4 is 5.32 Å². The number of halogens is 1. The number of nitrogens with zero attached hydrogens (tertiary/aromatic N) is 1. The highest BCUT2D eigenvalue weighted by Gasteiger charge is 2.24. The van der Waals surface area contributed by atoms with Gasteiger partial charge in [-0.05, 0) is 18.8 Å². The molecule has 0 bridgehead atoms. The van der Waals surface area contributed by atoms with Gasteiger partial charge >= 0.3 is 0 Å². The lowest BCUT2D eigenvalue weighted by molar-refractivity contribution is 0.282. The number of hydrogen-bond donors (Lipinski definition) is 1. The summed E-state index contributed by atoms with van der Waals surface area (Å²) in [5.41, 5.74) is 1.35. The fourth-order valence-corrected chi connectivity index (χ4v) is 3.96. The third-order valence-electron chi connectivity index (χ3n) is 3.94. The van der Waals surface area contributed by atoms with Gasteiger partial charge in [0.25, 0.3) is 0 Å². The maximum absolute atomic E-state index is 6.07. The summed E-state index contributed by atoms with van der Waals surface area (Å²) in [5, 5.41) is 7.06. The molecule has 1 fully saturated rings. The van der Waals surface area contributed by atoms with E-state index in [-0.39, 0.29) is 5.41 Å². The Morgan fingerprint density at radius 2 is 2.11 bits per heavy atom. The second-order valence-corrected chi connectivity index (χ2v) is 7.81. The van der Waals surface area contributed by atoms with Crippen LogP contribution in [0.1, 0.15) is 57.2 Å². The average Bonchev–Trinajstić information content (AvgIpc) is 2.85. The van der Waals surface area contributed by atoms with Gasteiger partial charge in [0, 0.05) is 29.3 Å². The van der Waals surface area contributed by atoms with Crippen molar-refractivity contribution in [2.24, 2.45) is 5.92 Å². The molecular weight excluding hydrogens is 276 g/mol. The van der Waals surface area contributed by atoms with Crippen LogP contribution in [0.5, 0.6) is 0 Å². The van der Waals surface area contributed by atoms with Crippen molar-refractivity contribution in [1.29, 1.82) is 0 Å². The lowest BCUT2D eigenvalue weighted by atomic mass is 9.86. The molecule has 1 saturated carbocycles. The first-order valence-corrected chi connectivity index (χ1v) is 8.66. The van der Waals surface area contributed by atoms with E-state index in [1.807, 2.05) is 0 Å². The number of aromatic nitrogens is 1. The van der Waals surface area contributed by atoms with Crippen LogP contribution in [0, 0.1) is 5.92 Å². The molecule has 0 aromatic carbocycles. The maximum atomic E-state index is 6.07. The van der Waals surface area contributed by atoms with Gasteiger partial charge in [0.2, 0.25) is 0 Å². The Morgan fingerprint density at radius 3 is 2.74 bits per heavy atom. The Labute approximate surface area is 126 Å². The molecule has 0 saturated heterocycles. The molecule has 1 heterocycles. The van der Waals surface area contributed by atoms with Crippen molar-refractivity contribution in [3.63, 3.8) is 0 Å². The van der Waals surface area contributed by atoms with Gasteiger partial charge in [-0.1, -0.05) is 33.6 Å². The van der Waals surface area contributed by atoms with Crippen LogP contribution in [0.2, 0.25) is 0 Å². The molecule has 0 aliphatic heterocycles. The van der Waals surface area contributed by atoms with Gasteiger partial charge in [-0.3, -0.25) is 0 Å². The molecule has 19 heavy (non-hydrogen) atoms. The zero-order chi connectivity index (χ0) is 13.9. The summed E-state index contributed by atoms with van der Waals surface area (Å²) < 4.78 is 0.